The van der Waals surface area contributed by atoms with Gasteiger partial charge in [-0.25, -0.2) is 9.67 Å². The molecule has 7 nitrogen and oxygen atoms in total. The summed E-state index contributed by atoms with van der Waals surface area (Å²) in [5, 5.41) is 8.55. The first-order chi connectivity index (χ1) is 15.3. The number of fused-ring (bicyclic) bond motifs is 1. The van der Waals surface area contributed by atoms with Gasteiger partial charge in [0.05, 0.1) is 16.8 Å². The van der Waals surface area contributed by atoms with Crippen LogP contribution >= 0.6 is 11.3 Å². The van der Waals surface area contributed by atoms with E-state index in [-0.39, 0.29) is 17.9 Å². The Balaban J connectivity index is 1.51. The summed E-state index contributed by atoms with van der Waals surface area (Å²) in [6.07, 6.45) is 0. The molecule has 0 aliphatic rings. The van der Waals surface area contributed by atoms with Crippen LogP contribution in [0.25, 0.3) is 22.0 Å². The lowest BCUT2D eigenvalue weighted by Gasteiger charge is -2.08. The zero-order valence-electron chi connectivity index (χ0n) is 17.1. The molecule has 164 valence electrons. The number of nitrogens with one attached hydrogen (secondary N) is 1. The highest BCUT2D eigenvalue weighted by Crippen LogP contribution is 2.31. The lowest BCUT2D eigenvalue weighted by Crippen LogP contribution is -2.30. The Labute approximate surface area is 185 Å². The second kappa shape index (κ2) is 8.83. The van der Waals surface area contributed by atoms with E-state index in [1.54, 1.807) is 31.2 Å². The third-order valence-corrected chi connectivity index (χ3v) is 5.63. The Morgan fingerprint density at radius 2 is 1.81 bits per heavy atom. The molecule has 32 heavy (non-hydrogen) atoms. The SMILES string of the molecule is Cc1sc(NC(=O)Cn2nc(C)c3ccccc3c2=O)nc1-c1ccc(OC(F)F)cc1. The molecule has 4 rings (SSSR count). The van der Waals surface area contributed by atoms with Crippen molar-refractivity contribution in [1.29, 1.82) is 0 Å². The predicted octanol–water partition coefficient (Wildman–Crippen LogP) is 4.38. The maximum atomic E-state index is 12.7. The summed E-state index contributed by atoms with van der Waals surface area (Å²) in [7, 11) is 0. The fraction of sp³-hybridized carbons (Fsp3) is 0.182. The van der Waals surface area contributed by atoms with E-state index in [1.807, 2.05) is 19.1 Å². The second-order valence-electron chi connectivity index (χ2n) is 6.97. The van der Waals surface area contributed by atoms with E-state index in [1.165, 1.54) is 23.5 Å². The number of alkyl halides is 2. The number of aryl methyl sites for hydroxylation is 2. The van der Waals surface area contributed by atoms with Gasteiger partial charge in [-0.2, -0.15) is 13.9 Å². The summed E-state index contributed by atoms with van der Waals surface area (Å²) in [6.45, 7) is 0.477. The first-order valence-electron chi connectivity index (χ1n) is 9.61. The first kappa shape index (κ1) is 21.6. The molecule has 0 aliphatic carbocycles. The Kier molecular flexibility index (Phi) is 5.95. The van der Waals surface area contributed by atoms with Gasteiger partial charge in [0.2, 0.25) is 5.91 Å². The van der Waals surface area contributed by atoms with Crippen molar-refractivity contribution in [3.63, 3.8) is 0 Å². The first-order valence-corrected chi connectivity index (χ1v) is 10.4. The van der Waals surface area contributed by atoms with Crippen LogP contribution < -0.4 is 15.6 Å². The number of hydrogen-bond acceptors (Lipinski definition) is 6. The zero-order chi connectivity index (χ0) is 22.8. The molecule has 2 aromatic heterocycles. The summed E-state index contributed by atoms with van der Waals surface area (Å²) >= 11 is 1.27. The van der Waals surface area contributed by atoms with Gasteiger partial charge in [0.25, 0.3) is 5.56 Å². The number of carbonyl (C=O) groups excluding carboxylic acids is 1. The number of amides is 1. The number of rotatable bonds is 6. The normalized spacial score (nSPS) is 11.2. The Morgan fingerprint density at radius 1 is 1.12 bits per heavy atom. The molecule has 0 bridgehead atoms. The standard InChI is InChI=1S/C22H18F2N4O3S/c1-12-16-5-3-4-6-17(16)20(30)28(27-12)11-18(29)25-22-26-19(13(2)32-22)14-7-9-15(10-8-14)31-21(23)24/h3-10,21H,11H2,1-2H3,(H,25,26,29). The van der Waals surface area contributed by atoms with E-state index >= 15 is 0 Å². The minimum absolute atomic E-state index is 0.0498. The molecular formula is C22H18F2N4O3S. The van der Waals surface area contributed by atoms with E-state index in [0.717, 1.165) is 14.9 Å². The van der Waals surface area contributed by atoms with Crippen LogP contribution in [0.4, 0.5) is 13.9 Å². The predicted molar refractivity (Wildman–Crippen MR) is 118 cm³/mol. The average Bonchev–Trinajstić information content (AvgIpc) is 3.11. The van der Waals surface area contributed by atoms with Crippen LogP contribution in [0.2, 0.25) is 0 Å². The van der Waals surface area contributed by atoms with Crippen molar-refractivity contribution in [2.45, 2.75) is 27.0 Å². The number of benzene rings is 2. The van der Waals surface area contributed by atoms with E-state index in [4.69, 9.17) is 0 Å². The number of ether oxygens (including phenoxy) is 1. The van der Waals surface area contributed by atoms with Crippen LogP contribution in [0.15, 0.2) is 53.3 Å². The minimum Gasteiger partial charge on any atom is -0.435 e. The van der Waals surface area contributed by atoms with Crippen LogP contribution in [0.1, 0.15) is 10.6 Å². The van der Waals surface area contributed by atoms with Gasteiger partial charge in [-0.05, 0) is 44.2 Å². The van der Waals surface area contributed by atoms with E-state index < -0.39 is 12.5 Å². The number of nitrogens with zero attached hydrogens (tertiary/aromatic N) is 3. The van der Waals surface area contributed by atoms with Crippen LogP contribution in [-0.4, -0.2) is 27.3 Å². The summed E-state index contributed by atoms with van der Waals surface area (Å²) < 4.78 is 30.1. The molecule has 0 radical (unpaired) electrons. The lowest BCUT2D eigenvalue weighted by atomic mass is 10.1. The van der Waals surface area contributed by atoms with Crippen molar-refractivity contribution in [3.05, 3.63) is 69.5 Å². The number of halogens is 2. The Morgan fingerprint density at radius 3 is 2.50 bits per heavy atom. The number of hydrogen-bond donors (Lipinski definition) is 1. The van der Waals surface area contributed by atoms with Gasteiger partial charge >= 0.3 is 6.61 Å². The highest BCUT2D eigenvalue weighted by molar-refractivity contribution is 7.16. The number of anilines is 1. The van der Waals surface area contributed by atoms with Gasteiger partial charge in [-0.15, -0.1) is 11.3 Å². The average molecular weight is 456 g/mol. The van der Waals surface area contributed by atoms with E-state index in [0.29, 0.717) is 27.5 Å². The highest BCUT2D eigenvalue weighted by atomic mass is 32.1. The molecular weight excluding hydrogens is 438 g/mol. The van der Waals surface area contributed by atoms with Crippen molar-refractivity contribution in [2.24, 2.45) is 0 Å². The summed E-state index contributed by atoms with van der Waals surface area (Å²) in [5.74, 6) is -0.385. The number of thiazole rings is 1. The monoisotopic (exact) mass is 456 g/mol. The molecule has 2 heterocycles. The molecule has 0 spiro atoms. The fourth-order valence-electron chi connectivity index (χ4n) is 3.32. The zero-order valence-corrected chi connectivity index (χ0v) is 18.0. The van der Waals surface area contributed by atoms with E-state index in [2.05, 4.69) is 20.1 Å². The molecule has 1 N–H and O–H groups in total. The van der Waals surface area contributed by atoms with Crippen molar-refractivity contribution < 1.29 is 18.3 Å². The minimum atomic E-state index is -2.89. The largest absolute Gasteiger partial charge is 0.435 e. The smallest absolute Gasteiger partial charge is 0.387 e. The molecule has 4 aromatic rings. The van der Waals surface area contributed by atoms with Crippen molar-refractivity contribution >= 4 is 33.1 Å². The molecule has 0 atom stereocenters. The molecule has 0 unspecified atom stereocenters. The topological polar surface area (TPSA) is 86.1 Å². The Hall–Kier alpha value is -3.66. The quantitative estimate of drug-likeness (QED) is 0.466. The van der Waals surface area contributed by atoms with Crippen molar-refractivity contribution in [2.75, 3.05) is 5.32 Å². The Bertz CT molecular complexity index is 1350. The summed E-state index contributed by atoms with van der Waals surface area (Å²) in [6, 6.07) is 13.2. The lowest BCUT2D eigenvalue weighted by molar-refractivity contribution is -0.117. The van der Waals surface area contributed by atoms with Gasteiger partial charge in [0.1, 0.15) is 12.3 Å². The van der Waals surface area contributed by atoms with Gasteiger partial charge in [0, 0.05) is 15.8 Å². The van der Waals surface area contributed by atoms with Gasteiger partial charge in [-0.1, -0.05) is 18.2 Å². The molecule has 10 heteroatoms. The van der Waals surface area contributed by atoms with E-state index in [9.17, 15) is 18.4 Å². The van der Waals surface area contributed by atoms with Gasteiger partial charge < -0.3 is 10.1 Å². The van der Waals surface area contributed by atoms with Crippen molar-refractivity contribution in [3.8, 4) is 17.0 Å². The second-order valence-corrected chi connectivity index (χ2v) is 8.17. The van der Waals surface area contributed by atoms with Gasteiger partial charge in [0.15, 0.2) is 5.13 Å². The molecule has 2 aromatic carbocycles. The third kappa shape index (κ3) is 4.50. The molecule has 0 saturated heterocycles. The summed E-state index contributed by atoms with van der Waals surface area (Å²) in [4.78, 5) is 30.5. The molecule has 0 saturated carbocycles. The maximum Gasteiger partial charge on any atom is 0.387 e. The third-order valence-electron chi connectivity index (χ3n) is 4.74. The molecule has 0 aliphatic heterocycles. The fourth-order valence-corrected chi connectivity index (χ4v) is 4.17. The molecule has 0 fully saturated rings. The highest BCUT2D eigenvalue weighted by Gasteiger charge is 2.15. The van der Waals surface area contributed by atoms with Crippen LogP contribution in [0, 0.1) is 13.8 Å². The summed E-state index contributed by atoms with van der Waals surface area (Å²) in [5.41, 5.74) is 1.62. The maximum absolute atomic E-state index is 12.7. The molecule has 1 amide bonds. The van der Waals surface area contributed by atoms with Crippen LogP contribution in [0.5, 0.6) is 5.75 Å². The van der Waals surface area contributed by atoms with Crippen LogP contribution in [0.3, 0.4) is 0 Å². The number of carbonyl (C=O) groups is 1. The van der Waals surface area contributed by atoms with Crippen molar-refractivity contribution in [1.82, 2.24) is 14.8 Å². The van der Waals surface area contributed by atoms with Crippen LogP contribution in [-0.2, 0) is 11.3 Å². The number of aromatic nitrogens is 3. The van der Waals surface area contributed by atoms with Gasteiger partial charge in [-0.3, -0.25) is 9.59 Å².